The lowest BCUT2D eigenvalue weighted by atomic mass is 10.1. The molecule has 1 amide bonds. The largest absolute Gasteiger partial charge is 0.494 e. The summed E-state index contributed by atoms with van der Waals surface area (Å²) in [7, 11) is -2.93. The summed E-state index contributed by atoms with van der Waals surface area (Å²) in [5.41, 5.74) is 0.705. The van der Waals surface area contributed by atoms with Crippen LogP contribution >= 0.6 is 0 Å². The predicted molar refractivity (Wildman–Crippen MR) is 91.5 cm³/mol. The van der Waals surface area contributed by atoms with Gasteiger partial charge in [0, 0.05) is 12.1 Å². The van der Waals surface area contributed by atoms with Crippen molar-refractivity contribution in [3.8, 4) is 5.75 Å². The summed E-state index contributed by atoms with van der Waals surface area (Å²) in [6.07, 6.45) is 4.20. The Hall–Kier alpha value is -1.56. The molecule has 0 radical (unpaired) electrons. The van der Waals surface area contributed by atoms with Gasteiger partial charge >= 0.3 is 0 Å². The van der Waals surface area contributed by atoms with Gasteiger partial charge in [-0.1, -0.05) is 19.8 Å². The first-order valence-electron chi connectivity index (χ1n) is 8.21. The lowest BCUT2D eigenvalue weighted by Gasteiger charge is -2.10. The second-order valence-corrected chi connectivity index (χ2v) is 8.33. The summed E-state index contributed by atoms with van der Waals surface area (Å²) >= 11 is 0. The Kier molecular flexibility index (Phi) is 6.45. The number of carbonyl (C=O) groups excluding carboxylic acids is 1. The summed E-state index contributed by atoms with van der Waals surface area (Å²) in [5.74, 6) is 0.936. The van der Waals surface area contributed by atoms with Crippen molar-refractivity contribution in [2.24, 2.45) is 5.92 Å². The van der Waals surface area contributed by atoms with E-state index in [-0.39, 0.29) is 29.8 Å². The van der Waals surface area contributed by atoms with Crippen LogP contribution < -0.4 is 10.1 Å². The van der Waals surface area contributed by atoms with Crippen LogP contribution in [0.2, 0.25) is 0 Å². The van der Waals surface area contributed by atoms with Gasteiger partial charge in [-0.25, -0.2) is 8.42 Å². The highest BCUT2D eigenvalue weighted by atomic mass is 32.2. The van der Waals surface area contributed by atoms with E-state index in [1.54, 1.807) is 12.1 Å². The van der Waals surface area contributed by atoms with Crippen LogP contribution in [0.3, 0.4) is 0 Å². The third kappa shape index (κ3) is 6.22. The third-order valence-corrected chi connectivity index (χ3v) is 5.79. The number of benzene rings is 1. The first-order valence-corrected chi connectivity index (χ1v) is 10.0. The first kappa shape index (κ1) is 17.8. The van der Waals surface area contributed by atoms with E-state index in [2.05, 4.69) is 12.2 Å². The van der Waals surface area contributed by atoms with E-state index in [9.17, 15) is 13.2 Å². The Morgan fingerprint density at radius 2 is 2.00 bits per heavy atom. The number of ether oxygens (including phenoxy) is 1. The monoisotopic (exact) mass is 339 g/mol. The van der Waals surface area contributed by atoms with Crippen LogP contribution in [0.4, 0.5) is 5.69 Å². The topological polar surface area (TPSA) is 72.5 Å². The van der Waals surface area contributed by atoms with Crippen LogP contribution in [-0.2, 0) is 14.6 Å². The summed E-state index contributed by atoms with van der Waals surface area (Å²) in [4.78, 5) is 12.0. The maximum absolute atomic E-state index is 12.0. The van der Waals surface area contributed by atoms with Crippen LogP contribution in [0.15, 0.2) is 24.3 Å². The van der Waals surface area contributed by atoms with Crippen LogP contribution in [-0.4, -0.2) is 32.4 Å². The van der Waals surface area contributed by atoms with Crippen molar-refractivity contribution in [1.82, 2.24) is 0 Å². The molecule has 1 saturated heterocycles. The number of hydrogen-bond acceptors (Lipinski definition) is 4. The molecule has 1 atom stereocenters. The van der Waals surface area contributed by atoms with Crippen molar-refractivity contribution < 1.29 is 17.9 Å². The Morgan fingerprint density at radius 1 is 1.26 bits per heavy atom. The quantitative estimate of drug-likeness (QED) is 0.739. The molecule has 23 heavy (non-hydrogen) atoms. The molecular formula is C17H25NO4S. The average Bonchev–Trinajstić information content (AvgIpc) is 2.84. The smallest absolute Gasteiger partial charge is 0.224 e. The molecule has 0 aromatic heterocycles. The number of carbonyl (C=O) groups is 1. The average molecular weight is 339 g/mol. The summed E-state index contributed by atoms with van der Waals surface area (Å²) < 4.78 is 28.4. The molecule has 6 heteroatoms. The molecule has 1 aromatic carbocycles. The molecule has 0 spiro atoms. The molecule has 1 aliphatic heterocycles. The maximum Gasteiger partial charge on any atom is 0.224 e. The molecule has 0 aliphatic carbocycles. The molecule has 5 nitrogen and oxygen atoms in total. The predicted octanol–water partition coefficient (Wildman–Crippen LogP) is 3.02. The lowest BCUT2D eigenvalue weighted by molar-refractivity contribution is -0.116. The van der Waals surface area contributed by atoms with Gasteiger partial charge in [0.15, 0.2) is 9.84 Å². The van der Waals surface area contributed by atoms with E-state index in [0.29, 0.717) is 18.7 Å². The van der Waals surface area contributed by atoms with Crippen molar-refractivity contribution in [2.75, 3.05) is 23.4 Å². The highest BCUT2D eigenvalue weighted by molar-refractivity contribution is 7.91. The van der Waals surface area contributed by atoms with Gasteiger partial charge in [-0.3, -0.25) is 4.79 Å². The van der Waals surface area contributed by atoms with Gasteiger partial charge in [0.25, 0.3) is 0 Å². The minimum absolute atomic E-state index is 0.0545. The van der Waals surface area contributed by atoms with E-state index < -0.39 is 9.84 Å². The van der Waals surface area contributed by atoms with Gasteiger partial charge in [-0.15, -0.1) is 0 Å². The Balaban J connectivity index is 1.75. The fraction of sp³-hybridized carbons (Fsp3) is 0.588. The van der Waals surface area contributed by atoms with Crippen molar-refractivity contribution in [3.05, 3.63) is 24.3 Å². The van der Waals surface area contributed by atoms with Crippen LogP contribution in [0.1, 0.15) is 39.0 Å². The Labute approximate surface area is 138 Å². The fourth-order valence-electron chi connectivity index (χ4n) is 2.68. The molecule has 1 fully saturated rings. The maximum atomic E-state index is 12.0. The van der Waals surface area contributed by atoms with E-state index in [1.807, 2.05) is 12.1 Å². The van der Waals surface area contributed by atoms with E-state index in [4.69, 9.17) is 4.74 Å². The SMILES string of the molecule is CCCCCOc1ccc(NC(=O)C[C@H]2CCS(=O)(=O)C2)cc1. The van der Waals surface area contributed by atoms with E-state index in [0.717, 1.165) is 25.0 Å². The van der Waals surface area contributed by atoms with Crippen LogP contribution in [0.25, 0.3) is 0 Å². The van der Waals surface area contributed by atoms with Crippen LogP contribution in [0.5, 0.6) is 5.75 Å². The van der Waals surface area contributed by atoms with E-state index in [1.165, 1.54) is 0 Å². The number of anilines is 1. The number of unbranched alkanes of at least 4 members (excludes halogenated alkanes) is 2. The van der Waals surface area contributed by atoms with E-state index >= 15 is 0 Å². The van der Waals surface area contributed by atoms with Gasteiger partial charge in [0.05, 0.1) is 18.1 Å². The normalized spacial score (nSPS) is 19.4. The molecule has 128 valence electrons. The second kappa shape index (κ2) is 8.34. The standard InChI is InChI=1S/C17H25NO4S/c1-2-3-4-10-22-16-7-5-15(6-8-16)18-17(19)12-14-9-11-23(20,21)13-14/h5-8,14H,2-4,9-13H2,1H3,(H,18,19)/t14-/m1/s1. The van der Waals surface area contributed by atoms with Gasteiger partial charge in [0.2, 0.25) is 5.91 Å². The van der Waals surface area contributed by atoms with Crippen molar-refractivity contribution in [3.63, 3.8) is 0 Å². The van der Waals surface area contributed by atoms with Gasteiger partial charge in [0.1, 0.15) is 5.75 Å². The zero-order chi connectivity index (χ0) is 16.7. The molecule has 1 aliphatic rings. The van der Waals surface area contributed by atoms with Gasteiger partial charge < -0.3 is 10.1 Å². The third-order valence-electron chi connectivity index (χ3n) is 3.96. The fourth-order valence-corrected chi connectivity index (χ4v) is 4.55. The number of nitrogens with one attached hydrogen (secondary N) is 1. The molecule has 0 bridgehead atoms. The van der Waals surface area contributed by atoms with Crippen molar-refractivity contribution in [2.45, 2.75) is 39.0 Å². The number of rotatable bonds is 8. The second-order valence-electron chi connectivity index (χ2n) is 6.10. The Morgan fingerprint density at radius 3 is 2.61 bits per heavy atom. The van der Waals surface area contributed by atoms with Crippen LogP contribution in [0, 0.1) is 5.92 Å². The van der Waals surface area contributed by atoms with Gasteiger partial charge in [-0.05, 0) is 43.0 Å². The molecule has 1 N–H and O–H groups in total. The summed E-state index contributed by atoms with van der Waals surface area (Å²) in [6.45, 7) is 2.86. The molecule has 1 aromatic rings. The zero-order valence-electron chi connectivity index (χ0n) is 13.6. The highest BCUT2D eigenvalue weighted by Gasteiger charge is 2.29. The van der Waals surface area contributed by atoms with Crippen molar-refractivity contribution in [1.29, 1.82) is 0 Å². The highest BCUT2D eigenvalue weighted by Crippen LogP contribution is 2.22. The number of hydrogen-bond donors (Lipinski definition) is 1. The summed E-state index contributed by atoms with van der Waals surface area (Å²) in [5, 5.41) is 2.81. The minimum Gasteiger partial charge on any atom is -0.494 e. The molecule has 0 saturated carbocycles. The number of amides is 1. The molecule has 0 unspecified atom stereocenters. The lowest BCUT2D eigenvalue weighted by Crippen LogP contribution is -2.17. The molecule has 2 rings (SSSR count). The Bertz CT molecular complexity index is 610. The summed E-state index contributed by atoms with van der Waals surface area (Å²) in [6, 6.07) is 7.28. The van der Waals surface area contributed by atoms with Gasteiger partial charge in [-0.2, -0.15) is 0 Å². The molecule has 1 heterocycles. The number of sulfone groups is 1. The minimum atomic E-state index is -2.93. The van der Waals surface area contributed by atoms with Crippen molar-refractivity contribution >= 4 is 21.4 Å². The zero-order valence-corrected chi connectivity index (χ0v) is 14.4. The molecular weight excluding hydrogens is 314 g/mol. The first-order chi connectivity index (χ1) is 11.0.